The molecule has 4 nitrogen and oxygen atoms in total. The number of aromatic nitrogens is 2. The second-order valence-electron chi connectivity index (χ2n) is 4.92. The number of terminal acetylenes is 1. The number of aryl methyl sites for hydroxylation is 1. The Kier molecular flexibility index (Phi) is 4.03. The molecule has 0 saturated carbocycles. The first-order valence-corrected chi connectivity index (χ1v) is 6.46. The van der Waals surface area contributed by atoms with Crippen molar-refractivity contribution in [2.75, 3.05) is 18.0 Å². The highest BCUT2D eigenvalue weighted by Crippen LogP contribution is 2.20. The molecule has 4 heteroatoms. The van der Waals surface area contributed by atoms with Crippen LogP contribution in [0.4, 0.5) is 5.69 Å². The maximum Gasteiger partial charge on any atom is 0.268 e. The lowest BCUT2D eigenvalue weighted by Gasteiger charge is -2.32. The molecule has 1 fully saturated rings. The average Bonchev–Trinajstić information content (AvgIpc) is 2.37. The van der Waals surface area contributed by atoms with Crippen LogP contribution >= 0.6 is 0 Å². The van der Waals surface area contributed by atoms with Crippen molar-refractivity contribution < 1.29 is 0 Å². The Labute approximate surface area is 108 Å². The topological polar surface area (TPSA) is 38.1 Å². The maximum absolute atomic E-state index is 11.9. The zero-order valence-electron chi connectivity index (χ0n) is 10.8. The van der Waals surface area contributed by atoms with Crippen LogP contribution in [0.25, 0.3) is 0 Å². The van der Waals surface area contributed by atoms with E-state index in [1.807, 2.05) is 0 Å². The Morgan fingerprint density at radius 1 is 1.61 bits per heavy atom. The van der Waals surface area contributed by atoms with Crippen LogP contribution in [0, 0.1) is 18.3 Å². The largest absolute Gasteiger partial charge is 0.370 e. The Balaban J connectivity index is 2.13. The van der Waals surface area contributed by atoms with Gasteiger partial charge in [-0.1, -0.05) is 6.92 Å². The second-order valence-corrected chi connectivity index (χ2v) is 4.92. The zero-order chi connectivity index (χ0) is 13.0. The number of hydrogen-bond acceptors (Lipinski definition) is 3. The highest BCUT2D eigenvalue weighted by Gasteiger charge is 2.17. The van der Waals surface area contributed by atoms with E-state index in [2.05, 4.69) is 22.8 Å². The van der Waals surface area contributed by atoms with Crippen LogP contribution in [-0.2, 0) is 6.54 Å². The van der Waals surface area contributed by atoms with Crippen LogP contribution in [0.2, 0.25) is 0 Å². The van der Waals surface area contributed by atoms with Gasteiger partial charge in [0.25, 0.3) is 5.56 Å². The smallest absolute Gasteiger partial charge is 0.268 e. The molecular weight excluding hydrogens is 226 g/mol. The van der Waals surface area contributed by atoms with Gasteiger partial charge in [0.1, 0.15) is 0 Å². The lowest BCUT2D eigenvalue weighted by Crippen LogP contribution is -2.35. The first-order valence-electron chi connectivity index (χ1n) is 6.46. The summed E-state index contributed by atoms with van der Waals surface area (Å²) in [6.07, 6.45) is 9.94. The molecule has 1 saturated heterocycles. The van der Waals surface area contributed by atoms with Gasteiger partial charge in [0.05, 0.1) is 18.4 Å². The Bertz CT molecular complexity index is 500. The van der Waals surface area contributed by atoms with Crippen LogP contribution in [0.1, 0.15) is 26.2 Å². The van der Waals surface area contributed by atoms with Crippen LogP contribution in [0.3, 0.4) is 0 Å². The van der Waals surface area contributed by atoms with E-state index in [1.54, 1.807) is 12.3 Å². The summed E-state index contributed by atoms with van der Waals surface area (Å²) in [5.41, 5.74) is 0.865. The summed E-state index contributed by atoms with van der Waals surface area (Å²) in [4.78, 5) is 14.1. The Hall–Kier alpha value is -1.76. The van der Waals surface area contributed by atoms with Gasteiger partial charge in [-0.05, 0) is 18.8 Å². The Morgan fingerprint density at radius 3 is 3.11 bits per heavy atom. The second kappa shape index (κ2) is 5.72. The van der Waals surface area contributed by atoms with Crippen molar-refractivity contribution >= 4 is 5.69 Å². The van der Waals surface area contributed by atoms with Crippen molar-refractivity contribution in [1.82, 2.24) is 9.78 Å². The molecule has 0 spiro atoms. The fourth-order valence-electron chi connectivity index (χ4n) is 2.36. The first kappa shape index (κ1) is 12.7. The minimum absolute atomic E-state index is 0.0685. The molecular formula is C14H19N3O. The van der Waals surface area contributed by atoms with Crippen molar-refractivity contribution in [3.05, 3.63) is 22.6 Å². The quantitative estimate of drug-likeness (QED) is 0.757. The summed E-state index contributed by atoms with van der Waals surface area (Å²) >= 11 is 0. The molecule has 0 amide bonds. The normalized spacial score (nSPS) is 19.6. The lowest BCUT2D eigenvalue weighted by atomic mass is 10.00. The summed E-state index contributed by atoms with van der Waals surface area (Å²) in [5.74, 6) is 3.20. The summed E-state index contributed by atoms with van der Waals surface area (Å²) in [5, 5.41) is 4.18. The van der Waals surface area contributed by atoms with Gasteiger partial charge in [-0.3, -0.25) is 4.79 Å². The van der Waals surface area contributed by atoms with E-state index in [1.165, 1.54) is 17.5 Å². The molecule has 0 bridgehead atoms. The predicted molar refractivity (Wildman–Crippen MR) is 72.6 cm³/mol. The van der Waals surface area contributed by atoms with Crippen LogP contribution in [-0.4, -0.2) is 22.9 Å². The van der Waals surface area contributed by atoms with E-state index in [-0.39, 0.29) is 5.56 Å². The summed E-state index contributed by atoms with van der Waals surface area (Å²) < 4.78 is 1.43. The molecule has 1 aliphatic heterocycles. The summed E-state index contributed by atoms with van der Waals surface area (Å²) in [6, 6.07) is 1.67. The molecule has 18 heavy (non-hydrogen) atoms. The average molecular weight is 245 g/mol. The summed E-state index contributed by atoms with van der Waals surface area (Å²) in [7, 11) is 0. The minimum Gasteiger partial charge on any atom is -0.370 e. The van der Waals surface area contributed by atoms with E-state index in [0.29, 0.717) is 18.9 Å². The SMILES string of the molecule is C#CCCn1ncc(N2CCCC(C)C2)cc1=O. The number of rotatable bonds is 3. The van der Waals surface area contributed by atoms with Crippen LogP contribution in [0.15, 0.2) is 17.1 Å². The van der Waals surface area contributed by atoms with Gasteiger partial charge in [0, 0.05) is 25.6 Å². The molecule has 1 unspecified atom stereocenters. The third-order valence-electron chi connectivity index (χ3n) is 3.35. The number of anilines is 1. The van der Waals surface area contributed by atoms with Crippen molar-refractivity contribution in [2.24, 2.45) is 5.92 Å². The summed E-state index contributed by atoms with van der Waals surface area (Å²) in [6.45, 7) is 4.76. The monoisotopic (exact) mass is 245 g/mol. The minimum atomic E-state index is -0.0685. The predicted octanol–water partition coefficient (Wildman–Crippen LogP) is 1.50. The van der Waals surface area contributed by atoms with E-state index in [4.69, 9.17) is 6.42 Å². The lowest BCUT2D eigenvalue weighted by molar-refractivity contribution is 0.445. The Morgan fingerprint density at radius 2 is 2.44 bits per heavy atom. The van der Waals surface area contributed by atoms with E-state index in [9.17, 15) is 4.79 Å². The molecule has 2 rings (SSSR count). The van der Waals surface area contributed by atoms with Crippen LogP contribution < -0.4 is 10.5 Å². The van der Waals surface area contributed by atoms with Gasteiger partial charge in [-0.15, -0.1) is 12.3 Å². The van der Waals surface area contributed by atoms with Gasteiger partial charge in [-0.25, -0.2) is 4.68 Å². The van der Waals surface area contributed by atoms with E-state index < -0.39 is 0 Å². The van der Waals surface area contributed by atoms with Crippen molar-refractivity contribution in [3.63, 3.8) is 0 Å². The molecule has 1 aromatic rings. The fraction of sp³-hybridized carbons (Fsp3) is 0.571. The van der Waals surface area contributed by atoms with Crippen LogP contribution in [0.5, 0.6) is 0 Å². The molecule has 0 aliphatic carbocycles. The van der Waals surface area contributed by atoms with Gasteiger partial charge < -0.3 is 4.90 Å². The van der Waals surface area contributed by atoms with Gasteiger partial charge >= 0.3 is 0 Å². The van der Waals surface area contributed by atoms with Gasteiger partial charge in [-0.2, -0.15) is 5.10 Å². The highest BCUT2D eigenvalue weighted by atomic mass is 16.1. The molecule has 1 aliphatic rings. The van der Waals surface area contributed by atoms with Gasteiger partial charge in [0.15, 0.2) is 0 Å². The third-order valence-corrected chi connectivity index (χ3v) is 3.35. The van der Waals surface area contributed by atoms with E-state index >= 15 is 0 Å². The van der Waals surface area contributed by atoms with Crippen molar-refractivity contribution in [3.8, 4) is 12.3 Å². The molecule has 1 aromatic heterocycles. The van der Waals surface area contributed by atoms with Gasteiger partial charge in [0.2, 0.25) is 0 Å². The molecule has 0 aromatic carbocycles. The fourth-order valence-corrected chi connectivity index (χ4v) is 2.36. The highest BCUT2D eigenvalue weighted by molar-refractivity contribution is 5.43. The third kappa shape index (κ3) is 2.92. The molecule has 1 atom stereocenters. The number of hydrogen-bond donors (Lipinski definition) is 0. The first-order chi connectivity index (χ1) is 8.70. The standard InChI is InChI=1S/C14H19N3O/c1-3-4-8-17-14(18)9-13(10-15-17)16-7-5-6-12(2)11-16/h1,9-10,12H,4-8,11H2,2H3. The van der Waals surface area contributed by atoms with Crippen molar-refractivity contribution in [1.29, 1.82) is 0 Å². The molecule has 96 valence electrons. The zero-order valence-corrected chi connectivity index (χ0v) is 10.8. The maximum atomic E-state index is 11.9. The number of nitrogens with zero attached hydrogens (tertiary/aromatic N) is 3. The van der Waals surface area contributed by atoms with E-state index in [0.717, 1.165) is 18.8 Å². The molecule has 0 radical (unpaired) electrons. The molecule has 2 heterocycles. The molecule has 0 N–H and O–H groups in total. The van der Waals surface area contributed by atoms with Crippen molar-refractivity contribution in [2.45, 2.75) is 32.7 Å². The number of piperidine rings is 1.